The van der Waals surface area contributed by atoms with E-state index in [1.54, 1.807) is 18.7 Å². The molecule has 1 aliphatic heterocycles. The lowest BCUT2D eigenvalue weighted by Crippen LogP contribution is -2.30. The molecule has 0 aliphatic carbocycles. The molecule has 1 atom stereocenters. The molecule has 0 saturated carbocycles. The summed E-state index contributed by atoms with van der Waals surface area (Å²) in [6, 6.07) is 24.5. The average Bonchev–Trinajstić information content (AvgIpc) is 3.20. The highest BCUT2D eigenvalue weighted by molar-refractivity contribution is 5.90. The van der Waals surface area contributed by atoms with Gasteiger partial charge in [-0.3, -0.25) is 10.0 Å². The van der Waals surface area contributed by atoms with Gasteiger partial charge >= 0.3 is 0 Å². The van der Waals surface area contributed by atoms with Gasteiger partial charge in [0.2, 0.25) is 0 Å². The molecule has 31 heavy (non-hydrogen) atoms. The topological polar surface area (TPSA) is 73.8 Å². The third-order valence-corrected chi connectivity index (χ3v) is 5.36. The maximum atomic E-state index is 11.3. The van der Waals surface area contributed by atoms with Crippen LogP contribution >= 0.6 is 0 Å². The predicted molar refractivity (Wildman–Crippen MR) is 122 cm³/mol. The Labute approximate surface area is 181 Å². The predicted octanol–water partition coefficient (Wildman–Crippen LogP) is 4.39. The number of carbonyl (C=O) groups is 1. The van der Waals surface area contributed by atoms with Gasteiger partial charge in [0.1, 0.15) is 11.9 Å². The van der Waals surface area contributed by atoms with Gasteiger partial charge in [0.05, 0.1) is 18.5 Å². The minimum Gasteiger partial charge on any atom is -0.497 e. The zero-order valence-corrected chi connectivity index (χ0v) is 17.3. The van der Waals surface area contributed by atoms with E-state index in [0.29, 0.717) is 0 Å². The zero-order valence-electron chi connectivity index (χ0n) is 17.3. The average molecular weight is 415 g/mol. The number of methoxy groups -OCH3 is 1. The van der Waals surface area contributed by atoms with E-state index >= 15 is 0 Å². The van der Waals surface area contributed by atoms with E-state index in [-0.39, 0.29) is 6.17 Å². The first kappa shape index (κ1) is 20.5. The van der Waals surface area contributed by atoms with Crippen LogP contribution in [0, 0.1) is 0 Å². The lowest BCUT2D eigenvalue weighted by molar-refractivity contribution is -0.124. The van der Waals surface area contributed by atoms with Crippen LogP contribution in [-0.4, -0.2) is 24.8 Å². The van der Waals surface area contributed by atoms with Crippen LogP contribution < -0.4 is 20.4 Å². The number of fused-ring (bicyclic) bond motifs is 1. The fourth-order valence-electron chi connectivity index (χ4n) is 3.84. The van der Waals surface area contributed by atoms with E-state index in [1.807, 2.05) is 42.5 Å². The van der Waals surface area contributed by atoms with Crippen LogP contribution in [-0.2, 0) is 11.2 Å². The van der Waals surface area contributed by atoms with Gasteiger partial charge in [-0.05, 0) is 59.5 Å². The van der Waals surface area contributed by atoms with Crippen LogP contribution in [0.5, 0.6) is 5.75 Å². The molecule has 6 nitrogen and oxygen atoms in total. The van der Waals surface area contributed by atoms with Crippen molar-refractivity contribution in [3.8, 4) is 5.75 Å². The molecule has 3 N–H and O–H groups in total. The molecule has 1 amide bonds. The standard InChI is InChI=1S/C25H25N3O3/c1-31-21-9-5-7-19(17-21)14-15-28-23-11-3-2-10-22(23)26-25(28)20-8-4-6-18(16-20)12-13-24(29)27-30/h2-13,16-17,25-26,30H,14-15H2,1H3,(H,27,29)/b13-12+. The van der Waals surface area contributed by atoms with Gasteiger partial charge in [0, 0.05) is 12.6 Å². The number of ether oxygens (including phenoxy) is 1. The Kier molecular flexibility index (Phi) is 6.19. The van der Waals surface area contributed by atoms with Crippen molar-refractivity contribution < 1.29 is 14.7 Å². The Morgan fingerprint density at radius 1 is 1.13 bits per heavy atom. The summed E-state index contributed by atoms with van der Waals surface area (Å²) in [4.78, 5) is 13.7. The van der Waals surface area contributed by atoms with Crippen molar-refractivity contribution in [2.45, 2.75) is 12.6 Å². The van der Waals surface area contributed by atoms with Gasteiger partial charge in [0.25, 0.3) is 5.91 Å². The second-order valence-corrected chi connectivity index (χ2v) is 7.34. The summed E-state index contributed by atoms with van der Waals surface area (Å²) >= 11 is 0. The van der Waals surface area contributed by atoms with E-state index in [4.69, 9.17) is 9.94 Å². The Morgan fingerprint density at radius 2 is 1.97 bits per heavy atom. The number of nitrogens with one attached hydrogen (secondary N) is 2. The summed E-state index contributed by atoms with van der Waals surface area (Å²) in [5.74, 6) is 0.303. The molecule has 0 saturated heterocycles. The second-order valence-electron chi connectivity index (χ2n) is 7.34. The summed E-state index contributed by atoms with van der Waals surface area (Å²) in [6.45, 7) is 0.828. The molecular formula is C25H25N3O3. The van der Waals surface area contributed by atoms with Crippen LogP contribution in [0.1, 0.15) is 22.9 Å². The molecule has 1 aliphatic rings. The lowest BCUT2D eigenvalue weighted by atomic mass is 10.1. The summed E-state index contributed by atoms with van der Waals surface area (Å²) in [5.41, 5.74) is 7.06. The molecule has 6 heteroatoms. The van der Waals surface area contributed by atoms with Crippen LogP contribution in [0.25, 0.3) is 6.08 Å². The first-order chi connectivity index (χ1) is 15.2. The van der Waals surface area contributed by atoms with Gasteiger partial charge in [-0.25, -0.2) is 5.48 Å². The Bertz CT molecular complexity index is 1100. The number of nitrogens with zero attached hydrogens (tertiary/aromatic N) is 1. The van der Waals surface area contributed by atoms with Crippen molar-refractivity contribution in [3.63, 3.8) is 0 Å². The summed E-state index contributed by atoms with van der Waals surface area (Å²) < 4.78 is 5.36. The first-order valence-corrected chi connectivity index (χ1v) is 10.1. The molecule has 0 radical (unpaired) electrons. The maximum absolute atomic E-state index is 11.3. The number of carbonyl (C=O) groups excluding carboxylic acids is 1. The SMILES string of the molecule is COc1cccc(CCN2c3ccccc3NC2c2cccc(/C=C/C(=O)NO)c2)c1. The molecule has 0 spiro atoms. The van der Waals surface area contributed by atoms with Gasteiger partial charge in [-0.1, -0.05) is 42.5 Å². The summed E-state index contributed by atoms with van der Waals surface area (Å²) in [5, 5.41) is 12.3. The van der Waals surface area contributed by atoms with Crippen molar-refractivity contribution in [1.82, 2.24) is 5.48 Å². The van der Waals surface area contributed by atoms with Crippen molar-refractivity contribution in [2.24, 2.45) is 0 Å². The number of hydrogen-bond donors (Lipinski definition) is 3. The van der Waals surface area contributed by atoms with E-state index in [2.05, 4.69) is 40.5 Å². The van der Waals surface area contributed by atoms with Gasteiger partial charge in [-0.15, -0.1) is 0 Å². The molecule has 1 heterocycles. The Balaban J connectivity index is 1.59. The number of hydroxylamine groups is 1. The number of para-hydroxylation sites is 2. The van der Waals surface area contributed by atoms with E-state index < -0.39 is 5.91 Å². The van der Waals surface area contributed by atoms with Crippen LogP contribution in [0.15, 0.2) is 78.9 Å². The van der Waals surface area contributed by atoms with Crippen LogP contribution in [0.2, 0.25) is 0 Å². The minimum absolute atomic E-state index is 0.0250. The number of amides is 1. The number of benzene rings is 3. The van der Waals surface area contributed by atoms with Crippen molar-refractivity contribution >= 4 is 23.4 Å². The fourth-order valence-corrected chi connectivity index (χ4v) is 3.84. The van der Waals surface area contributed by atoms with Crippen LogP contribution in [0.3, 0.4) is 0 Å². The molecule has 0 fully saturated rings. The molecule has 158 valence electrons. The van der Waals surface area contributed by atoms with Crippen molar-refractivity contribution in [2.75, 3.05) is 23.9 Å². The second kappa shape index (κ2) is 9.36. The monoisotopic (exact) mass is 415 g/mol. The molecule has 0 bridgehead atoms. The molecule has 0 aromatic heterocycles. The fraction of sp³-hybridized carbons (Fsp3) is 0.160. The van der Waals surface area contributed by atoms with Crippen molar-refractivity contribution in [1.29, 1.82) is 0 Å². The zero-order chi connectivity index (χ0) is 21.6. The van der Waals surface area contributed by atoms with Gasteiger partial charge in [-0.2, -0.15) is 0 Å². The van der Waals surface area contributed by atoms with E-state index in [0.717, 1.165) is 41.2 Å². The quantitative estimate of drug-likeness (QED) is 0.303. The third-order valence-electron chi connectivity index (χ3n) is 5.36. The summed E-state index contributed by atoms with van der Waals surface area (Å²) in [7, 11) is 1.68. The molecule has 4 rings (SSSR count). The van der Waals surface area contributed by atoms with Crippen LogP contribution in [0.4, 0.5) is 11.4 Å². The highest BCUT2D eigenvalue weighted by Crippen LogP contribution is 2.41. The number of rotatable bonds is 7. The Morgan fingerprint density at radius 3 is 2.81 bits per heavy atom. The molecule has 3 aromatic rings. The van der Waals surface area contributed by atoms with Gasteiger partial charge in [0.15, 0.2) is 0 Å². The molecule has 1 unspecified atom stereocenters. The third kappa shape index (κ3) is 4.70. The lowest BCUT2D eigenvalue weighted by Gasteiger charge is -2.27. The molecular weight excluding hydrogens is 390 g/mol. The Hall–Kier alpha value is -3.77. The smallest absolute Gasteiger partial charge is 0.267 e. The molecule has 3 aromatic carbocycles. The number of hydrogen-bond acceptors (Lipinski definition) is 5. The van der Waals surface area contributed by atoms with E-state index in [9.17, 15) is 4.79 Å². The number of anilines is 2. The van der Waals surface area contributed by atoms with Gasteiger partial charge < -0.3 is 15.0 Å². The highest BCUT2D eigenvalue weighted by Gasteiger charge is 2.29. The largest absolute Gasteiger partial charge is 0.497 e. The normalized spacial score (nSPS) is 14.9. The van der Waals surface area contributed by atoms with E-state index in [1.165, 1.54) is 11.6 Å². The minimum atomic E-state index is -0.559. The summed E-state index contributed by atoms with van der Waals surface area (Å²) in [6.07, 6.45) is 3.83. The van der Waals surface area contributed by atoms with Crippen molar-refractivity contribution in [3.05, 3.63) is 95.6 Å². The maximum Gasteiger partial charge on any atom is 0.267 e. The highest BCUT2D eigenvalue weighted by atomic mass is 16.5. The first-order valence-electron chi connectivity index (χ1n) is 10.1.